The van der Waals surface area contributed by atoms with E-state index in [9.17, 15) is 0 Å². The number of aliphatic imine (C=N–C) groups is 2. The van der Waals surface area contributed by atoms with Crippen molar-refractivity contribution >= 4 is 34.4 Å². The van der Waals surface area contributed by atoms with Crippen LogP contribution in [0.2, 0.25) is 5.02 Å². The van der Waals surface area contributed by atoms with Crippen molar-refractivity contribution < 1.29 is 55.8 Å². The molecule has 1 radical (unpaired) electrons. The van der Waals surface area contributed by atoms with E-state index >= 15 is 0 Å². The van der Waals surface area contributed by atoms with Crippen molar-refractivity contribution in [3.63, 3.8) is 0 Å². The fraction of sp³-hybridized carbons (Fsp3) is 0.457. The van der Waals surface area contributed by atoms with Gasteiger partial charge < -0.3 is 37.2 Å². The van der Waals surface area contributed by atoms with Crippen molar-refractivity contribution in [2.45, 2.75) is 107 Å². The first-order chi connectivity index (χ1) is 18.7. The number of halogens is 4. The van der Waals surface area contributed by atoms with E-state index in [4.69, 9.17) is 26.6 Å². The Hall–Kier alpha value is -1.33. The molecule has 0 unspecified atom stereocenters. The van der Waals surface area contributed by atoms with Gasteiger partial charge in [0.2, 0.25) is 0 Å². The molecular formula is C35H46Cl4N3V-3. The summed E-state index contributed by atoms with van der Waals surface area (Å²) in [5.74, 6) is 0. The summed E-state index contributed by atoms with van der Waals surface area (Å²) in [5.41, 5.74) is 13.4. The Morgan fingerprint density at radius 1 is 0.581 bits per heavy atom. The summed E-state index contributed by atoms with van der Waals surface area (Å²) in [7, 11) is 0. The van der Waals surface area contributed by atoms with Gasteiger partial charge in [0, 0.05) is 23.6 Å². The zero-order chi connectivity index (χ0) is 28.5. The minimum Gasteiger partial charge on any atom is -1.00 e. The van der Waals surface area contributed by atoms with Crippen molar-refractivity contribution in [2.24, 2.45) is 9.98 Å². The number of rotatable bonds is 12. The monoisotopic (exact) mass is 699 g/mol. The number of aromatic nitrogens is 1. The number of benzene rings is 2. The molecule has 0 N–H and O–H groups in total. The molecule has 43 heavy (non-hydrogen) atoms. The van der Waals surface area contributed by atoms with Crippen LogP contribution >= 0.6 is 11.6 Å². The zero-order valence-corrected chi connectivity index (χ0v) is 31.3. The molecule has 0 aliphatic rings. The third-order valence-electron chi connectivity index (χ3n) is 6.99. The Labute approximate surface area is 296 Å². The van der Waals surface area contributed by atoms with Crippen molar-refractivity contribution in [1.29, 1.82) is 0 Å². The van der Waals surface area contributed by atoms with E-state index in [2.05, 4.69) is 65.8 Å². The topological polar surface area (TPSA) is 37.6 Å². The molecular weight excluding hydrogens is 655 g/mol. The fourth-order valence-electron chi connectivity index (χ4n) is 5.31. The van der Waals surface area contributed by atoms with Gasteiger partial charge in [-0.05, 0) is 87.8 Å². The SMILES string of the molecule is CCCc1cc(C)cc(CCC)c1N=C(C)c1cc(Cl)cc(C(C)=Nc2c(CCC)cc(C)cc2CCC)n1.[Cl-].[Cl-].[Cl-].[V]. The van der Waals surface area contributed by atoms with Crippen LogP contribution in [0.3, 0.4) is 0 Å². The van der Waals surface area contributed by atoms with E-state index in [-0.39, 0.29) is 55.8 Å². The Kier molecular flexibility index (Phi) is 21.8. The van der Waals surface area contributed by atoms with E-state index in [1.54, 1.807) is 0 Å². The Morgan fingerprint density at radius 3 is 1.12 bits per heavy atom. The molecule has 0 saturated heterocycles. The molecule has 0 aliphatic heterocycles. The molecule has 0 amide bonds. The Balaban J connectivity index is 0. The number of pyridine rings is 1. The predicted molar refractivity (Wildman–Crippen MR) is 171 cm³/mol. The van der Waals surface area contributed by atoms with Gasteiger partial charge in [-0.25, -0.2) is 4.98 Å². The van der Waals surface area contributed by atoms with Gasteiger partial charge in [0.15, 0.2) is 0 Å². The third kappa shape index (κ3) is 12.2. The van der Waals surface area contributed by atoms with Crippen LogP contribution < -0.4 is 37.2 Å². The van der Waals surface area contributed by atoms with Gasteiger partial charge >= 0.3 is 0 Å². The van der Waals surface area contributed by atoms with Crippen molar-refractivity contribution in [1.82, 2.24) is 4.98 Å². The predicted octanol–water partition coefficient (Wildman–Crippen LogP) is 1.45. The summed E-state index contributed by atoms with van der Waals surface area (Å²) in [6.07, 6.45) is 8.41. The van der Waals surface area contributed by atoms with Gasteiger partial charge in [0.25, 0.3) is 0 Å². The molecule has 3 nitrogen and oxygen atoms in total. The second-order valence-corrected chi connectivity index (χ2v) is 11.3. The maximum Gasteiger partial charge on any atom is 0.0864 e. The van der Waals surface area contributed by atoms with Gasteiger partial charge in [-0.1, -0.05) is 100 Å². The first-order valence-electron chi connectivity index (χ1n) is 14.7. The van der Waals surface area contributed by atoms with Crippen LogP contribution in [0.15, 0.2) is 46.4 Å². The second kappa shape index (κ2) is 21.4. The van der Waals surface area contributed by atoms with Gasteiger partial charge in [-0.3, -0.25) is 9.98 Å². The molecule has 0 bridgehead atoms. The molecule has 8 heteroatoms. The minimum atomic E-state index is 0. The molecule has 1 heterocycles. The number of aryl methyl sites for hydroxylation is 6. The van der Waals surface area contributed by atoms with Crippen molar-refractivity contribution in [3.8, 4) is 0 Å². The van der Waals surface area contributed by atoms with Crippen LogP contribution in [0.25, 0.3) is 0 Å². The number of nitrogens with zero attached hydrogens (tertiary/aromatic N) is 3. The van der Waals surface area contributed by atoms with Crippen molar-refractivity contribution in [2.75, 3.05) is 0 Å². The van der Waals surface area contributed by atoms with E-state index in [0.717, 1.165) is 85.6 Å². The summed E-state index contributed by atoms with van der Waals surface area (Å²) in [6, 6.07) is 13.0. The maximum atomic E-state index is 6.66. The van der Waals surface area contributed by atoms with E-state index in [0.29, 0.717) is 5.02 Å². The van der Waals surface area contributed by atoms with E-state index in [1.807, 2.05) is 26.0 Å². The second-order valence-electron chi connectivity index (χ2n) is 10.8. The van der Waals surface area contributed by atoms with E-state index in [1.165, 1.54) is 33.4 Å². The average molecular weight is 702 g/mol. The molecule has 0 saturated carbocycles. The fourth-order valence-corrected chi connectivity index (χ4v) is 5.52. The van der Waals surface area contributed by atoms with Crippen LogP contribution in [0.4, 0.5) is 11.4 Å². The Bertz CT molecular complexity index is 1220. The van der Waals surface area contributed by atoms with E-state index < -0.39 is 0 Å². The maximum absolute atomic E-state index is 6.66. The molecule has 3 aromatic rings. The van der Waals surface area contributed by atoms with Crippen molar-refractivity contribution in [3.05, 3.63) is 86.2 Å². The van der Waals surface area contributed by atoms with Crippen LogP contribution in [-0.2, 0) is 44.2 Å². The van der Waals surface area contributed by atoms with Crippen LogP contribution in [0, 0.1) is 13.8 Å². The van der Waals surface area contributed by atoms with Crippen LogP contribution in [-0.4, -0.2) is 16.4 Å². The first kappa shape index (κ1) is 43.8. The summed E-state index contributed by atoms with van der Waals surface area (Å²) < 4.78 is 0. The third-order valence-corrected chi connectivity index (χ3v) is 7.21. The summed E-state index contributed by atoms with van der Waals surface area (Å²) in [6.45, 7) is 17.3. The molecule has 0 spiro atoms. The first-order valence-corrected chi connectivity index (χ1v) is 15.1. The average Bonchev–Trinajstić information content (AvgIpc) is 2.88. The smallest absolute Gasteiger partial charge is 0.0864 e. The van der Waals surface area contributed by atoms with Gasteiger partial charge in [0.05, 0.1) is 34.2 Å². The molecule has 2 aromatic carbocycles. The van der Waals surface area contributed by atoms with Crippen LogP contribution in [0.5, 0.6) is 0 Å². The minimum absolute atomic E-state index is 0. The standard InChI is InChI=1S/C35H46ClN3.3ClH.V/c1-9-13-27-17-23(5)18-28(14-10-2)34(27)37-25(7)32-21-31(36)22-33(39-32)26(8)38-35-29(15-11-3)19-24(6)20-30(35)16-12-4;;;;/h17-22H,9-16H2,1-8H3;3*1H;/p-3. The summed E-state index contributed by atoms with van der Waals surface area (Å²) >= 11 is 6.66. The number of hydrogen-bond acceptors (Lipinski definition) is 3. The molecule has 0 fully saturated rings. The zero-order valence-electron chi connectivity index (χ0n) is 26.9. The Morgan fingerprint density at radius 2 is 0.860 bits per heavy atom. The quantitative estimate of drug-likeness (QED) is 0.264. The summed E-state index contributed by atoms with van der Waals surface area (Å²) in [5, 5.41) is 0.650. The van der Waals surface area contributed by atoms with Gasteiger partial charge in [0.1, 0.15) is 0 Å². The molecule has 0 atom stereocenters. The molecule has 0 aliphatic carbocycles. The largest absolute Gasteiger partial charge is 1.00 e. The number of hydrogen-bond donors (Lipinski definition) is 0. The van der Waals surface area contributed by atoms with Crippen LogP contribution in [0.1, 0.15) is 112 Å². The molecule has 1 aromatic heterocycles. The van der Waals surface area contributed by atoms with Gasteiger partial charge in [-0.2, -0.15) is 0 Å². The summed E-state index contributed by atoms with van der Waals surface area (Å²) in [4.78, 5) is 15.4. The molecule has 237 valence electrons. The normalized spacial score (nSPS) is 11.2. The molecule has 3 rings (SSSR count). The van der Waals surface area contributed by atoms with Gasteiger partial charge in [-0.15, -0.1) is 0 Å².